The van der Waals surface area contributed by atoms with Crippen molar-refractivity contribution in [3.63, 3.8) is 0 Å². The van der Waals surface area contributed by atoms with E-state index in [9.17, 15) is 13.2 Å². The standard InChI is InChI=1S/C11H17N3O3S/c1-8-3-4-9(18(12,16)17)7-10(8)14-11(15)5-6-13-2/h3-4,7,13H,5-6H2,1-2H3,(H,14,15)(H2,12,16,17). The molecule has 1 rings (SSSR count). The van der Waals surface area contributed by atoms with E-state index in [-0.39, 0.29) is 10.8 Å². The summed E-state index contributed by atoms with van der Waals surface area (Å²) in [6.07, 6.45) is 0.315. The number of nitrogens with one attached hydrogen (secondary N) is 2. The van der Waals surface area contributed by atoms with Crippen molar-refractivity contribution in [2.45, 2.75) is 18.2 Å². The first-order valence-corrected chi connectivity index (χ1v) is 6.97. The highest BCUT2D eigenvalue weighted by Crippen LogP contribution is 2.19. The van der Waals surface area contributed by atoms with Crippen LogP contribution in [0.4, 0.5) is 5.69 Å². The number of carbonyl (C=O) groups excluding carboxylic acids is 1. The van der Waals surface area contributed by atoms with E-state index >= 15 is 0 Å². The van der Waals surface area contributed by atoms with Crippen LogP contribution in [0, 0.1) is 6.92 Å². The first-order valence-electron chi connectivity index (χ1n) is 5.42. The lowest BCUT2D eigenvalue weighted by Crippen LogP contribution is -2.19. The number of anilines is 1. The van der Waals surface area contributed by atoms with Crippen molar-refractivity contribution >= 4 is 21.6 Å². The third kappa shape index (κ3) is 4.10. The molecule has 0 saturated heterocycles. The van der Waals surface area contributed by atoms with Gasteiger partial charge >= 0.3 is 0 Å². The normalized spacial score (nSPS) is 11.3. The van der Waals surface area contributed by atoms with Gasteiger partial charge in [0.15, 0.2) is 0 Å². The highest BCUT2D eigenvalue weighted by Gasteiger charge is 2.11. The van der Waals surface area contributed by atoms with Crippen molar-refractivity contribution in [3.05, 3.63) is 23.8 Å². The van der Waals surface area contributed by atoms with Crippen molar-refractivity contribution < 1.29 is 13.2 Å². The van der Waals surface area contributed by atoms with Gasteiger partial charge in [0, 0.05) is 18.7 Å². The third-order valence-electron chi connectivity index (χ3n) is 2.41. The van der Waals surface area contributed by atoms with Crippen LogP contribution in [0.1, 0.15) is 12.0 Å². The maximum absolute atomic E-state index is 11.6. The molecular formula is C11H17N3O3S. The fourth-order valence-electron chi connectivity index (χ4n) is 1.36. The average Bonchev–Trinajstić information content (AvgIpc) is 2.28. The lowest BCUT2D eigenvalue weighted by atomic mass is 10.2. The molecule has 7 heteroatoms. The van der Waals surface area contributed by atoms with Gasteiger partial charge in [-0.3, -0.25) is 4.79 Å². The molecule has 0 atom stereocenters. The Kier molecular flexibility index (Phi) is 4.83. The third-order valence-corrected chi connectivity index (χ3v) is 3.32. The van der Waals surface area contributed by atoms with E-state index in [0.29, 0.717) is 18.7 Å². The van der Waals surface area contributed by atoms with Crippen LogP contribution in [-0.4, -0.2) is 27.9 Å². The van der Waals surface area contributed by atoms with Gasteiger partial charge in [0.05, 0.1) is 4.90 Å². The minimum atomic E-state index is -3.76. The Bertz CT molecular complexity index is 540. The van der Waals surface area contributed by atoms with E-state index < -0.39 is 10.0 Å². The molecule has 0 aliphatic heterocycles. The number of sulfonamides is 1. The molecule has 4 N–H and O–H groups in total. The van der Waals surface area contributed by atoms with Gasteiger partial charge in [-0.1, -0.05) is 6.07 Å². The Morgan fingerprint density at radius 3 is 2.61 bits per heavy atom. The molecule has 6 nitrogen and oxygen atoms in total. The molecule has 0 bridgehead atoms. The van der Waals surface area contributed by atoms with Crippen LogP contribution >= 0.6 is 0 Å². The van der Waals surface area contributed by atoms with Crippen LogP contribution in [0.25, 0.3) is 0 Å². The summed E-state index contributed by atoms with van der Waals surface area (Å²) in [5.41, 5.74) is 1.24. The molecule has 1 aromatic rings. The number of nitrogens with two attached hydrogens (primary N) is 1. The zero-order valence-electron chi connectivity index (χ0n) is 10.4. The monoisotopic (exact) mass is 271 g/mol. The zero-order chi connectivity index (χ0) is 13.8. The van der Waals surface area contributed by atoms with Crippen LogP contribution in [0.5, 0.6) is 0 Å². The maximum Gasteiger partial charge on any atom is 0.238 e. The van der Waals surface area contributed by atoms with Crippen molar-refractivity contribution in [1.82, 2.24) is 5.32 Å². The van der Waals surface area contributed by atoms with Crippen LogP contribution in [0.3, 0.4) is 0 Å². The summed E-state index contributed by atoms with van der Waals surface area (Å²) >= 11 is 0. The predicted molar refractivity (Wildman–Crippen MR) is 69.7 cm³/mol. The first-order chi connectivity index (χ1) is 8.34. The predicted octanol–water partition coefficient (Wildman–Crippen LogP) is 0.190. The lowest BCUT2D eigenvalue weighted by molar-refractivity contribution is -0.116. The summed E-state index contributed by atoms with van der Waals surface area (Å²) < 4.78 is 22.4. The zero-order valence-corrected chi connectivity index (χ0v) is 11.2. The Balaban J connectivity index is 2.92. The second-order valence-corrected chi connectivity index (χ2v) is 5.48. The van der Waals surface area contributed by atoms with Crippen LogP contribution in [0.15, 0.2) is 23.1 Å². The topological polar surface area (TPSA) is 101 Å². The molecule has 0 radical (unpaired) electrons. The van der Waals surface area contributed by atoms with Crippen molar-refractivity contribution in [1.29, 1.82) is 0 Å². The first kappa shape index (κ1) is 14.6. The van der Waals surface area contributed by atoms with E-state index in [1.807, 2.05) is 0 Å². The van der Waals surface area contributed by atoms with Crippen LogP contribution < -0.4 is 15.8 Å². The van der Waals surface area contributed by atoms with Crippen molar-refractivity contribution in [3.8, 4) is 0 Å². The van der Waals surface area contributed by atoms with Crippen molar-refractivity contribution in [2.75, 3.05) is 18.9 Å². The summed E-state index contributed by atoms with van der Waals surface area (Å²) in [5, 5.41) is 10.6. The van der Waals surface area contributed by atoms with Gasteiger partial charge in [0.25, 0.3) is 0 Å². The molecule has 0 aliphatic carbocycles. The Morgan fingerprint density at radius 1 is 1.39 bits per heavy atom. The number of carbonyl (C=O) groups is 1. The minimum Gasteiger partial charge on any atom is -0.326 e. The largest absolute Gasteiger partial charge is 0.326 e. The van der Waals surface area contributed by atoms with E-state index in [1.165, 1.54) is 12.1 Å². The fourth-order valence-corrected chi connectivity index (χ4v) is 1.90. The van der Waals surface area contributed by atoms with Crippen LogP contribution in [-0.2, 0) is 14.8 Å². The van der Waals surface area contributed by atoms with E-state index in [2.05, 4.69) is 10.6 Å². The molecule has 0 unspecified atom stereocenters. The van der Waals surface area contributed by atoms with E-state index in [0.717, 1.165) is 5.56 Å². The summed E-state index contributed by atoms with van der Waals surface area (Å²) in [7, 11) is -2.01. The molecule has 1 aromatic carbocycles. The van der Waals surface area contributed by atoms with E-state index in [1.54, 1.807) is 20.0 Å². The van der Waals surface area contributed by atoms with Gasteiger partial charge in [-0.2, -0.15) is 0 Å². The molecule has 0 aliphatic rings. The van der Waals surface area contributed by atoms with Gasteiger partial charge in [-0.15, -0.1) is 0 Å². The van der Waals surface area contributed by atoms with Crippen molar-refractivity contribution in [2.24, 2.45) is 5.14 Å². The highest BCUT2D eigenvalue weighted by atomic mass is 32.2. The molecule has 0 saturated carbocycles. The Labute approximate surface area is 107 Å². The van der Waals surface area contributed by atoms with Gasteiger partial charge in [0.2, 0.25) is 15.9 Å². The molecule has 18 heavy (non-hydrogen) atoms. The molecule has 0 heterocycles. The molecule has 1 amide bonds. The molecule has 100 valence electrons. The molecule has 0 spiro atoms. The van der Waals surface area contributed by atoms with E-state index in [4.69, 9.17) is 5.14 Å². The molecular weight excluding hydrogens is 254 g/mol. The van der Waals surface area contributed by atoms with Gasteiger partial charge in [0.1, 0.15) is 0 Å². The second kappa shape index (κ2) is 5.94. The highest BCUT2D eigenvalue weighted by molar-refractivity contribution is 7.89. The number of hydrogen-bond acceptors (Lipinski definition) is 4. The summed E-state index contributed by atoms with van der Waals surface area (Å²) in [5.74, 6) is -0.181. The summed E-state index contributed by atoms with van der Waals surface area (Å²) in [6, 6.07) is 4.38. The van der Waals surface area contributed by atoms with Gasteiger partial charge in [-0.25, -0.2) is 13.6 Å². The minimum absolute atomic E-state index is 0.0167. The quantitative estimate of drug-likeness (QED) is 0.711. The van der Waals surface area contributed by atoms with Gasteiger partial charge < -0.3 is 10.6 Å². The SMILES string of the molecule is CNCCC(=O)Nc1cc(S(N)(=O)=O)ccc1C. The average molecular weight is 271 g/mol. The summed E-state index contributed by atoms with van der Waals surface area (Å²) in [6.45, 7) is 2.33. The Morgan fingerprint density at radius 2 is 2.06 bits per heavy atom. The molecule has 0 aromatic heterocycles. The summed E-state index contributed by atoms with van der Waals surface area (Å²) in [4.78, 5) is 11.5. The number of hydrogen-bond donors (Lipinski definition) is 3. The maximum atomic E-state index is 11.6. The number of rotatable bonds is 5. The number of amides is 1. The van der Waals surface area contributed by atoms with Crippen LogP contribution in [0.2, 0.25) is 0 Å². The second-order valence-electron chi connectivity index (χ2n) is 3.92. The molecule has 0 fully saturated rings. The lowest BCUT2D eigenvalue weighted by Gasteiger charge is -2.09. The Hall–Kier alpha value is -1.44. The smallest absolute Gasteiger partial charge is 0.238 e. The van der Waals surface area contributed by atoms with Gasteiger partial charge in [-0.05, 0) is 31.7 Å². The number of aryl methyl sites for hydroxylation is 1. The number of benzene rings is 1. The number of primary sulfonamides is 1. The fraction of sp³-hybridized carbons (Fsp3) is 0.364.